The standard InChI is InChI=1S/C11H22N4O/c1-4-5-6-7-8(2)13-11-15-14-10(16-11)9(3)12/h8-9H,4-7,12H2,1-3H3,(H,13,15). The molecule has 0 amide bonds. The number of nitrogens with one attached hydrogen (secondary N) is 1. The van der Waals surface area contributed by atoms with Crippen molar-refractivity contribution < 1.29 is 4.42 Å². The fraction of sp³-hybridized carbons (Fsp3) is 0.818. The molecule has 1 rings (SSSR count). The van der Waals surface area contributed by atoms with E-state index in [1.165, 1.54) is 19.3 Å². The van der Waals surface area contributed by atoms with Crippen molar-refractivity contribution in [2.45, 2.75) is 58.5 Å². The molecule has 5 heteroatoms. The number of unbranched alkanes of at least 4 members (excludes halogenated alkanes) is 2. The molecule has 2 unspecified atom stereocenters. The van der Waals surface area contributed by atoms with E-state index in [0.717, 1.165) is 6.42 Å². The lowest BCUT2D eigenvalue weighted by molar-refractivity contribution is 0.466. The SMILES string of the molecule is CCCCCC(C)Nc1nnc(C(C)N)o1. The average Bonchev–Trinajstić information content (AvgIpc) is 2.66. The maximum absolute atomic E-state index is 5.63. The summed E-state index contributed by atoms with van der Waals surface area (Å²) >= 11 is 0. The van der Waals surface area contributed by atoms with Crippen LogP contribution in [-0.4, -0.2) is 16.2 Å². The Bertz CT molecular complexity index is 298. The molecule has 0 aliphatic rings. The van der Waals surface area contributed by atoms with Gasteiger partial charge in [0.25, 0.3) is 0 Å². The lowest BCUT2D eigenvalue weighted by Gasteiger charge is -2.10. The van der Waals surface area contributed by atoms with E-state index in [9.17, 15) is 0 Å². The Morgan fingerprint density at radius 2 is 2.06 bits per heavy atom. The van der Waals surface area contributed by atoms with E-state index >= 15 is 0 Å². The van der Waals surface area contributed by atoms with Crippen LogP contribution in [0.15, 0.2) is 4.42 Å². The largest absolute Gasteiger partial charge is 0.406 e. The maximum Gasteiger partial charge on any atom is 0.315 e. The van der Waals surface area contributed by atoms with Gasteiger partial charge >= 0.3 is 6.01 Å². The normalized spacial score (nSPS) is 14.8. The van der Waals surface area contributed by atoms with Gasteiger partial charge < -0.3 is 15.5 Å². The van der Waals surface area contributed by atoms with Crippen LogP contribution in [0.1, 0.15) is 58.4 Å². The van der Waals surface area contributed by atoms with Crippen LogP contribution in [0, 0.1) is 0 Å². The van der Waals surface area contributed by atoms with Crippen molar-refractivity contribution in [3.63, 3.8) is 0 Å². The first kappa shape index (κ1) is 13.0. The van der Waals surface area contributed by atoms with Crippen LogP contribution in [0.2, 0.25) is 0 Å². The molecular formula is C11H22N4O. The van der Waals surface area contributed by atoms with Gasteiger partial charge in [0, 0.05) is 6.04 Å². The number of aromatic nitrogens is 2. The van der Waals surface area contributed by atoms with Crippen LogP contribution < -0.4 is 11.1 Å². The fourth-order valence-electron chi connectivity index (χ4n) is 1.46. The minimum absolute atomic E-state index is 0.210. The summed E-state index contributed by atoms with van der Waals surface area (Å²) in [7, 11) is 0. The molecule has 2 atom stereocenters. The van der Waals surface area contributed by atoms with Gasteiger partial charge in [-0.05, 0) is 20.3 Å². The Hall–Kier alpha value is -1.10. The second-order valence-electron chi connectivity index (χ2n) is 4.28. The summed E-state index contributed by atoms with van der Waals surface area (Å²) in [6, 6.07) is 0.614. The summed E-state index contributed by atoms with van der Waals surface area (Å²) in [6.45, 7) is 6.14. The molecule has 0 aromatic carbocycles. The van der Waals surface area contributed by atoms with Crippen LogP contribution in [0.4, 0.5) is 6.01 Å². The monoisotopic (exact) mass is 226 g/mol. The Morgan fingerprint density at radius 1 is 1.31 bits per heavy atom. The van der Waals surface area contributed by atoms with E-state index in [-0.39, 0.29) is 6.04 Å². The van der Waals surface area contributed by atoms with E-state index in [1.807, 2.05) is 6.92 Å². The second-order valence-corrected chi connectivity index (χ2v) is 4.28. The van der Waals surface area contributed by atoms with E-state index in [0.29, 0.717) is 17.9 Å². The summed E-state index contributed by atoms with van der Waals surface area (Å²) < 4.78 is 5.36. The molecule has 5 nitrogen and oxygen atoms in total. The van der Waals surface area contributed by atoms with Gasteiger partial charge in [0.2, 0.25) is 5.89 Å². The Morgan fingerprint density at radius 3 is 2.62 bits per heavy atom. The highest BCUT2D eigenvalue weighted by Gasteiger charge is 2.11. The van der Waals surface area contributed by atoms with E-state index in [1.54, 1.807) is 0 Å². The number of nitrogens with two attached hydrogens (primary N) is 1. The molecule has 0 bridgehead atoms. The Kier molecular flexibility index (Phi) is 5.25. The van der Waals surface area contributed by atoms with Crippen molar-refractivity contribution in [3.05, 3.63) is 5.89 Å². The van der Waals surface area contributed by atoms with Gasteiger partial charge in [-0.3, -0.25) is 0 Å². The summed E-state index contributed by atoms with van der Waals surface area (Å²) in [5.41, 5.74) is 5.63. The van der Waals surface area contributed by atoms with Gasteiger partial charge in [0.1, 0.15) is 0 Å². The van der Waals surface area contributed by atoms with Crippen LogP contribution in [0.5, 0.6) is 0 Å². The van der Waals surface area contributed by atoms with Gasteiger partial charge in [-0.25, -0.2) is 0 Å². The smallest absolute Gasteiger partial charge is 0.315 e. The fourth-order valence-corrected chi connectivity index (χ4v) is 1.46. The third kappa shape index (κ3) is 4.18. The van der Waals surface area contributed by atoms with Gasteiger partial charge in [-0.2, -0.15) is 0 Å². The van der Waals surface area contributed by atoms with Crippen LogP contribution in [0.3, 0.4) is 0 Å². The zero-order valence-electron chi connectivity index (χ0n) is 10.4. The summed E-state index contributed by atoms with van der Waals surface area (Å²) in [4.78, 5) is 0. The maximum atomic E-state index is 5.63. The lowest BCUT2D eigenvalue weighted by atomic mass is 10.1. The number of anilines is 1. The molecule has 0 fully saturated rings. The second kappa shape index (κ2) is 6.48. The number of rotatable bonds is 7. The minimum Gasteiger partial charge on any atom is -0.406 e. The van der Waals surface area contributed by atoms with Crippen LogP contribution in [-0.2, 0) is 0 Å². The van der Waals surface area contributed by atoms with Crippen LogP contribution in [0.25, 0.3) is 0 Å². The van der Waals surface area contributed by atoms with Crippen molar-refractivity contribution in [1.29, 1.82) is 0 Å². The number of hydrogen-bond donors (Lipinski definition) is 2. The molecule has 0 spiro atoms. The highest BCUT2D eigenvalue weighted by molar-refractivity contribution is 5.19. The van der Waals surface area contributed by atoms with Crippen molar-refractivity contribution in [3.8, 4) is 0 Å². The van der Waals surface area contributed by atoms with E-state index < -0.39 is 0 Å². The molecule has 3 N–H and O–H groups in total. The predicted molar refractivity (Wildman–Crippen MR) is 64.1 cm³/mol. The molecule has 0 saturated carbocycles. The van der Waals surface area contributed by atoms with E-state index in [2.05, 4.69) is 29.4 Å². The number of hydrogen-bond acceptors (Lipinski definition) is 5. The van der Waals surface area contributed by atoms with E-state index in [4.69, 9.17) is 10.2 Å². The van der Waals surface area contributed by atoms with Gasteiger partial charge in [0.05, 0.1) is 6.04 Å². The van der Waals surface area contributed by atoms with Crippen molar-refractivity contribution >= 4 is 6.01 Å². The minimum atomic E-state index is -0.210. The van der Waals surface area contributed by atoms with Crippen molar-refractivity contribution in [2.24, 2.45) is 5.73 Å². The average molecular weight is 226 g/mol. The molecular weight excluding hydrogens is 204 g/mol. The quantitative estimate of drug-likeness (QED) is 0.698. The predicted octanol–water partition coefficient (Wildman–Crippen LogP) is 2.47. The number of nitrogens with zero attached hydrogens (tertiary/aromatic N) is 2. The molecule has 92 valence electrons. The van der Waals surface area contributed by atoms with Crippen LogP contribution >= 0.6 is 0 Å². The molecule has 0 saturated heterocycles. The molecule has 0 aliphatic heterocycles. The molecule has 16 heavy (non-hydrogen) atoms. The summed E-state index contributed by atoms with van der Waals surface area (Å²) in [6.07, 6.45) is 4.84. The van der Waals surface area contributed by atoms with Gasteiger partial charge in [0.15, 0.2) is 0 Å². The lowest BCUT2D eigenvalue weighted by Crippen LogP contribution is -2.15. The molecule has 0 aliphatic carbocycles. The summed E-state index contributed by atoms with van der Waals surface area (Å²) in [5.74, 6) is 0.475. The molecule has 1 heterocycles. The zero-order chi connectivity index (χ0) is 12.0. The van der Waals surface area contributed by atoms with Gasteiger partial charge in [-0.15, -0.1) is 5.10 Å². The molecule has 1 aromatic heterocycles. The topological polar surface area (TPSA) is 77.0 Å². The highest BCUT2D eigenvalue weighted by Crippen LogP contribution is 2.13. The van der Waals surface area contributed by atoms with Crippen molar-refractivity contribution in [2.75, 3.05) is 5.32 Å². The first-order chi connectivity index (χ1) is 7.63. The highest BCUT2D eigenvalue weighted by atomic mass is 16.4. The third-order valence-electron chi connectivity index (χ3n) is 2.44. The first-order valence-electron chi connectivity index (χ1n) is 5.99. The zero-order valence-corrected chi connectivity index (χ0v) is 10.4. The Labute approximate surface area is 96.8 Å². The first-order valence-corrected chi connectivity index (χ1v) is 5.99. The molecule has 0 radical (unpaired) electrons. The Balaban J connectivity index is 2.34. The summed E-state index contributed by atoms with van der Waals surface area (Å²) in [5, 5.41) is 10.9. The molecule has 1 aromatic rings. The van der Waals surface area contributed by atoms with Crippen molar-refractivity contribution in [1.82, 2.24) is 10.2 Å². The van der Waals surface area contributed by atoms with Gasteiger partial charge in [-0.1, -0.05) is 31.3 Å². The third-order valence-corrected chi connectivity index (χ3v) is 2.44.